The number of hydrogen-bond donors (Lipinski definition) is 0. The van der Waals surface area contributed by atoms with E-state index in [-0.39, 0.29) is 0 Å². The summed E-state index contributed by atoms with van der Waals surface area (Å²) in [5, 5.41) is 14.1. The largest absolute Gasteiger partial charge is 0.215 e. The second-order valence-electron chi connectivity index (χ2n) is 6.45. The Hall–Kier alpha value is -3.16. The highest BCUT2D eigenvalue weighted by molar-refractivity contribution is 6.30. The first-order chi connectivity index (χ1) is 13.2. The zero-order valence-electron chi connectivity index (χ0n) is 14.6. The first kappa shape index (κ1) is 17.3. The van der Waals surface area contributed by atoms with Crippen LogP contribution in [0.4, 0.5) is 0 Å². The number of pyridine rings is 1. The predicted octanol–water partition coefficient (Wildman–Crippen LogP) is 5.10. The molecule has 4 rings (SSSR count). The van der Waals surface area contributed by atoms with Crippen LogP contribution in [0.2, 0.25) is 5.02 Å². The third-order valence-corrected chi connectivity index (χ3v) is 4.80. The average molecular weight is 373 g/mol. The fourth-order valence-corrected chi connectivity index (χ4v) is 3.45. The maximum absolute atomic E-state index is 9.00. The summed E-state index contributed by atoms with van der Waals surface area (Å²) >= 11 is 6.07. The summed E-state index contributed by atoms with van der Waals surface area (Å²) in [6.45, 7) is 0. The van der Waals surface area contributed by atoms with E-state index in [9.17, 15) is 0 Å². The smallest absolute Gasteiger partial charge is 0.156 e. The minimum Gasteiger partial charge on any atom is -0.215 e. The maximum Gasteiger partial charge on any atom is 0.156 e. The molecule has 2 aromatic carbocycles. The molecular weight excluding hydrogens is 356 g/mol. The molecule has 2 heterocycles. The SMILES string of the molecule is N#Cc1ccc(-c2cc(CCCc3cccc(Cl)c3)cc3ncnn23)cc1. The third kappa shape index (κ3) is 3.84. The first-order valence-corrected chi connectivity index (χ1v) is 9.18. The standard InChI is InChI=1S/C22H17ClN4/c23-20-6-2-4-16(11-20)3-1-5-18-12-21(27-22(13-18)25-15-26-27)19-9-7-17(14-24)8-10-19/h2,4,6-13,15H,1,3,5H2. The number of halogens is 1. The monoisotopic (exact) mass is 372 g/mol. The molecule has 0 unspecified atom stereocenters. The second kappa shape index (κ2) is 7.61. The fraction of sp³-hybridized carbons (Fsp3) is 0.136. The fourth-order valence-electron chi connectivity index (χ4n) is 3.23. The first-order valence-electron chi connectivity index (χ1n) is 8.80. The molecule has 5 heteroatoms. The van der Waals surface area contributed by atoms with Crippen LogP contribution in [0.5, 0.6) is 0 Å². The van der Waals surface area contributed by atoms with Gasteiger partial charge in [-0.05, 0) is 66.8 Å². The van der Waals surface area contributed by atoms with E-state index in [2.05, 4.69) is 34.4 Å². The summed E-state index contributed by atoms with van der Waals surface area (Å²) in [7, 11) is 0. The van der Waals surface area contributed by atoms with E-state index < -0.39 is 0 Å². The molecule has 0 saturated carbocycles. The third-order valence-electron chi connectivity index (χ3n) is 4.57. The van der Waals surface area contributed by atoms with Gasteiger partial charge in [-0.1, -0.05) is 35.9 Å². The minimum absolute atomic E-state index is 0.645. The molecular formula is C22H17ClN4. The van der Waals surface area contributed by atoms with Gasteiger partial charge in [-0.3, -0.25) is 0 Å². The summed E-state index contributed by atoms with van der Waals surface area (Å²) in [5.74, 6) is 0. The summed E-state index contributed by atoms with van der Waals surface area (Å²) in [4.78, 5) is 4.36. The molecule has 0 fully saturated rings. The van der Waals surface area contributed by atoms with Crippen LogP contribution in [0.1, 0.15) is 23.1 Å². The van der Waals surface area contributed by atoms with Crippen molar-refractivity contribution in [2.75, 3.05) is 0 Å². The van der Waals surface area contributed by atoms with Gasteiger partial charge in [0.25, 0.3) is 0 Å². The Morgan fingerprint density at radius 2 is 1.78 bits per heavy atom. The van der Waals surface area contributed by atoms with Crippen molar-refractivity contribution in [1.82, 2.24) is 14.6 Å². The van der Waals surface area contributed by atoms with Crippen molar-refractivity contribution >= 4 is 17.2 Å². The van der Waals surface area contributed by atoms with Gasteiger partial charge in [-0.2, -0.15) is 10.4 Å². The van der Waals surface area contributed by atoms with E-state index in [0.29, 0.717) is 5.56 Å². The van der Waals surface area contributed by atoms with Crippen LogP contribution >= 0.6 is 11.6 Å². The number of benzene rings is 2. The molecule has 0 radical (unpaired) electrons. The Kier molecular flexibility index (Phi) is 4.86. The number of aryl methyl sites for hydroxylation is 2. The molecule has 0 aliphatic carbocycles. The molecule has 0 atom stereocenters. The lowest BCUT2D eigenvalue weighted by Crippen LogP contribution is -1.98. The van der Waals surface area contributed by atoms with E-state index in [0.717, 1.165) is 41.2 Å². The van der Waals surface area contributed by atoms with Crippen LogP contribution in [0.25, 0.3) is 16.9 Å². The highest BCUT2D eigenvalue weighted by Gasteiger charge is 2.09. The van der Waals surface area contributed by atoms with E-state index in [1.165, 1.54) is 11.1 Å². The van der Waals surface area contributed by atoms with Crippen molar-refractivity contribution in [3.63, 3.8) is 0 Å². The lowest BCUT2D eigenvalue weighted by Gasteiger charge is -2.09. The van der Waals surface area contributed by atoms with Gasteiger partial charge < -0.3 is 0 Å². The molecule has 27 heavy (non-hydrogen) atoms. The van der Waals surface area contributed by atoms with Crippen LogP contribution in [-0.2, 0) is 12.8 Å². The van der Waals surface area contributed by atoms with Gasteiger partial charge in [0.2, 0.25) is 0 Å². The van der Waals surface area contributed by atoms with E-state index in [1.54, 1.807) is 6.33 Å². The van der Waals surface area contributed by atoms with Crippen molar-refractivity contribution in [2.24, 2.45) is 0 Å². The van der Waals surface area contributed by atoms with Gasteiger partial charge in [-0.25, -0.2) is 9.50 Å². The van der Waals surface area contributed by atoms with Crippen LogP contribution in [0, 0.1) is 11.3 Å². The topological polar surface area (TPSA) is 54.0 Å². The molecule has 0 N–H and O–H groups in total. The van der Waals surface area contributed by atoms with Crippen LogP contribution < -0.4 is 0 Å². The number of aromatic nitrogens is 3. The normalized spacial score (nSPS) is 10.8. The van der Waals surface area contributed by atoms with Crippen molar-refractivity contribution in [2.45, 2.75) is 19.3 Å². The van der Waals surface area contributed by atoms with Crippen molar-refractivity contribution < 1.29 is 0 Å². The number of fused-ring (bicyclic) bond motifs is 1. The van der Waals surface area contributed by atoms with E-state index in [4.69, 9.17) is 16.9 Å². The second-order valence-corrected chi connectivity index (χ2v) is 6.89. The van der Waals surface area contributed by atoms with E-state index >= 15 is 0 Å². The number of nitriles is 1. The average Bonchev–Trinajstić information content (AvgIpc) is 3.16. The van der Waals surface area contributed by atoms with Gasteiger partial charge in [0, 0.05) is 10.6 Å². The zero-order chi connectivity index (χ0) is 18.6. The van der Waals surface area contributed by atoms with Gasteiger partial charge in [0.15, 0.2) is 5.65 Å². The van der Waals surface area contributed by atoms with Crippen molar-refractivity contribution in [3.8, 4) is 17.3 Å². The van der Waals surface area contributed by atoms with Gasteiger partial charge >= 0.3 is 0 Å². The summed E-state index contributed by atoms with van der Waals surface area (Å²) in [6.07, 6.45) is 4.51. The molecule has 0 saturated heterocycles. The molecule has 0 aliphatic heterocycles. The summed E-state index contributed by atoms with van der Waals surface area (Å²) < 4.78 is 1.84. The minimum atomic E-state index is 0.645. The zero-order valence-corrected chi connectivity index (χ0v) is 15.4. The molecule has 4 aromatic rings. The van der Waals surface area contributed by atoms with Gasteiger partial charge in [-0.15, -0.1) is 0 Å². The Morgan fingerprint density at radius 3 is 2.56 bits per heavy atom. The lowest BCUT2D eigenvalue weighted by molar-refractivity contribution is 0.818. The highest BCUT2D eigenvalue weighted by atomic mass is 35.5. The summed E-state index contributed by atoms with van der Waals surface area (Å²) in [6, 6.07) is 21.9. The Morgan fingerprint density at radius 1 is 0.963 bits per heavy atom. The molecule has 4 nitrogen and oxygen atoms in total. The molecule has 0 aliphatic rings. The van der Waals surface area contributed by atoms with Gasteiger partial charge in [0.1, 0.15) is 6.33 Å². The number of hydrogen-bond acceptors (Lipinski definition) is 3. The van der Waals surface area contributed by atoms with Crippen LogP contribution in [0.3, 0.4) is 0 Å². The van der Waals surface area contributed by atoms with Crippen LogP contribution in [-0.4, -0.2) is 14.6 Å². The van der Waals surface area contributed by atoms with E-state index in [1.807, 2.05) is 47.0 Å². The molecule has 0 amide bonds. The predicted molar refractivity (Wildman–Crippen MR) is 107 cm³/mol. The number of rotatable bonds is 5. The quantitative estimate of drug-likeness (QED) is 0.490. The van der Waals surface area contributed by atoms with Crippen LogP contribution in [0.15, 0.2) is 67.0 Å². The van der Waals surface area contributed by atoms with Crippen molar-refractivity contribution in [3.05, 3.63) is 88.7 Å². The Balaban J connectivity index is 1.59. The molecule has 0 spiro atoms. The summed E-state index contributed by atoms with van der Waals surface area (Å²) in [5.41, 5.74) is 5.93. The molecule has 0 bridgehead atoms. The lowest BCUT2D eigenvalue weighted by atomic mass is 10.0. The molecule has 132 valence electrons. The Labute approximate surface area is 162 Å². The molecule has 2 aromatic heterocycles. The van der Waals surface area contributed by atoms with Gasteiger partial charge in [0.05, 0.1) is 17.3 Å². The van der Waals surface area contributed by atoms with Crippen molar-refractivity contribution in [1.29, 1.82) is 5.26 Å². The maximum atomic E-state index is 9.00. The number of nitrogens with zero attached hydrogens (tertiary/aromatic N) is 4. The highest BCUT2D eigenvalue weighted by Crippen LogP contribution is 2.23. The Bertz CT molecular complexity index is 1120.